The number of carbonyl (C=O) groups excluding carboxylic acids is 2. The zero-order valence-corrected chi connectivity index (χ0v) is 10.4. The van der Waals surface area contributed by atoms with Crippen molar-refractivity contribution in [2.75, 3.05) is 26.7 Å². The minimum Gasteiger partial charge on any atom is -0.355 e. The van der Waals surface area contributed by atoms with Crippen LogP contribution in [-0.2, 0) is 9.59 Å². The molecule has 0 aliphatic carbocycles. The van der Waals surface area contributed by atoms with Gasteiger partial charge < -0.3 is 15.5 Å². The first kappa shape index (κ1) is 12.4. The number of amides is 2. The maximum Gasteiger partial charge on any atom is 0.227 e. The second-order valence-corrected chi connectivity index (χ2v) is 4.99. The van der Waals surface area contributed by atoms with Crippen molar-refractivity contribution in [3.05, 3.63) is 0 Å². The van der Waals surface area contributed by atoms with Crippen LogP contribution in [0.2, 0.25) is 0 Å². The first-order chi connectivity index (χ1) is 8.18. The lowest BCUT2D eigenvalue weighted by Crippen LogP contribution is -2.41. The monoisotopic (exact) mass is 239 g/mol. The van der Waals surface area contributed by atoms with E-state index in [0.717, 1.165) is 32.4 Å². The number of hydrogen-bond donors (Lipinski definition) is 2. The maximum absolute atomic E-state index is 12.2. The van der Waals surface area contributed by atoms with Crippen LogP contribution in [0.4, 0.5) is 0 Å². The topological polar surface area (TPSA) is 61.4 Å². The molecule has 5 heteroatoms. The van der Waals surface area contributed by atoms with Crippen LogP contribution in [0, 0.1) is 5.92 Å². The van der Waals surface area contributed by atoms with E-state index >= 15 is 0 Å². The normalized spacial score (nSPS) is 29.6. The Balaban J connectivity index is 1.91. The number of nitrogens with one attached hydrogen (secondary N) is 2. The molecule has 0 saturated carbocycles. The van der Waals surface area contributed by atoms with Gasteiger partial charge in [-0.25, -0.2) is 0 Å². The molecule has 96 valence electrons. The molecule has 2 N–H and O–H groups in total. The first-order valence-electron chi connectivity index (χ1n) is 6.42. The third-order valence-corrected chi connectivity index (χ3v) is 3.77. The lowest BCUT2D eigenvalue weighted by molar-refractivity contribution is -0.136. The van der Waals surface area contributed by atoms with Crippen molar-refractivity contribution in [1.82, 2.24) is 15.5 Å². The summed E-state index contributed by atoms with van der Waals surface area (Å²) in [4.78, 5) is 25.2. The van der Waals surface area contributed by atoms with Gasteiger partial charge in [0.05, 0.1) is 5.92 Å². The molecule has 2 atom stereocenters. The second-order valence-electron chi connectivity index (χ2n) is 4.99. The SMILES string of the molecule is CN(C(=O)C1CNC(=O)C1)C1CCCNCC1. The van der Waals surface area contributed by atoms with E-state index in [0.29, 0.717) is 19.0 Å². The zero-order chi connectivity index (χ0) is 12.3. The summed E-state index contributed by atoms with van der Waals surface area (Å²) in [5.74, 6) is -0.0294. The molecule has 2 amide bonds. The summed E-state index contributed by atoms with van der Waals surface area (Å²) < 4.78 is 0. The molecule has 17 heavy (non-hydrogen) atoms. The lowest BCUT2D eigenvalue weighted by Gasteiger charge is -2.29. The van der Waals surface area contributed by atoms with E-state index in [9.17, 15) is 9.59 Å². The van der Waals surface area contributed by atoms with Gasteiger partial charge in [0.1, 0.15) is 0 Å². The third-order valence-electron chi connectivity index (χ3n) is 3.77. The van der Waals surface area contributed by atoms with E-state index in [4.69, 9.17) is 0 Å². The molecular formula is C12H21N3O2. The average Bonchev–Trinajstić information content (AvgIpc) is 2.60. The van der Waals surface area contributed by atoms with Crippen molar-refractivity contribution in [3.8, 4) is 0 Å². The molecule has 5 nitrogen and oxygen atoms in total. The molecule has 2 rings (SSSR count). The Morgan fingerprint density at radius 2 is 2.18 bits per heavy atom. The molecule has 2 fully saturated rings. The Labute approximate surface area is 102 Å². The molecule has 2 unspecified atom stereocenters. The van der Waals surface area contributed by atoms with Crippen LogP contribution < -0.4 is 10.6 Å². The number of rotatable bonds is 2. The number of hydrogen-bond acceptors (Lipinski definition) is 3. The van der Waals surface area contributed by atoms with Gasteiger partial charge in [-0.05, 0) is 32.4 Å². The van der Waals surface area contributed by atoms with Gasteiger partial charge in [-0.15, -0.1) is 0 Å². The van der Waals surface area contributed by atoms with Crippen LogP contribution in [0.3, 0.4) is 0 Å². The molecule has 0 spiro atoms. The molecular weight excluding hydrogens is 218 g/mol. The van der Waals surface area contributed by atoms with E-state index in [1.165, 1.54) is 0 Å². The maximum atomic E-state index is 12.2. The van der Waals surface area contributed by atoms with Gasteiger partial charge in [0.2, 0.25) is 11.8 Å². The van der Waals surface area contributed by atoms with Crippen LogP contribution in [0.15, 0.2) is 0 Å². The van der Waals surface area contributed by atoms with Gasteiger partial charge >= 0.3 is 0 Å². The Bertz CT molecular complexity index is 298. The van der Waals surface area contributed by atoms with Gasteiger partial charge in [0.15, 0.2) is 0 Å². The van der Waals surface area contributed by atoms with Crippen LogP contribution in [-0.4, -0.2) is 49.4 Å². The Morgan fingerprint density at radius 1 is 1.35 bits per heavy atom. The molecule has 0 aromatic rings. The van der Waals surface area contributed by atoms with Crippen molar-refractivity contribution in [1.29, 1.82) is 0 Å². The van der Waals surface area contributed by atoms with Crippen molar-refractivity contribution in [3.63, 3.8) is 0 Å². The van der Waals surface area contributed by atoms with Gasteiger partial charge in [0, 0.05) is 26.1 Å². The van der Waals surface area contributed by atoms with E-state index in [1.807, 2.05) is 11.9 Å². The summed E-state index contributed by atoms with van der Waals surface area (Å²) in [6.45, 7) is 2.53. The summed E-state index contributed by atoms with van der Waals surface area (Å²) in [6, 6.07) is 0.327. The third kappa shape index (κ3) is 2.97. The number of nitrogens with zero attached hydrogens (tertiary/aromatic N) is 1. The predicted octanol–water partition coefficient (Wildman–Crippen LogP) is -0.277. The highest BCUT2D eigenvalue weighted by atomic mass is 16.2. The van der Waals surface area contributed by atoms with Gasteiger partial charge in [-0.3, -0.25) is 9.59 Å². The standard InChI is InChI=1S/C12H21N3O2/c1-15(10-3-2-5-13-6-4-10)12(17)9-7-11(16)14-8-9/h9-10,13H,2-8H2,1H3,(H,14,16). The summed E-state index contributed by atoms with van der Waals surface area (Å²) in [5.41, 5.74) is 0. The lowest BCUT2D eigenvalue weighted by atomic mass is 10.0. The van der Waals surface area contributed by atoms with Crippen LogP contribution in [0.1, 0.15) is 25.7 Å². The summed E-state index contributed by atoms with van der Waals surface area (Å²) in [7, 11) is 1.88. The van der Waals surface area contributed by atoms with E-state index in [-0.39, 0.29) is 17.7 Å². The fourth-order valence-electron chi connectivity index (χ4n) is 2.64. The highest BCUT2D eigenvalue weighted by Crippen LogP contribution is 2.18. The Morgan fingerprint density at radius 3 is 2.88 bits per heavy atom. The highest BCUT2D eigenvalue weighted by Gasteiger charge is 2.32. The largest absolute Gasteiger partial charge is 0.355 e. The predicted molar refractivity (Wildman–Crippen MR) is 64.4 cm³/mol. The fraction of sp³-hybridized carbons (Fsp3) is 0.833. The van der Waals surface area contributed by atoms with Crippen LogP contribution in [0.5, 0.6) is 0 Å². The summed E-state index contributed by atoms with van der Waals surface area (Å²) in [5, 5.41) is 6.07. The molecule has 2 saturated heterocycles. The molecule has 2 aliphatic heterocycles. The Kier molecular flexibility index (Phi) is 3.99. The quantitative estimate of drug-likeness (QED) is 0.697. The van der Waals surface area contributed by atoms with Crippen molar-refractivity contribution < 1.29 is 9.59 Å². The molecule has 0 radical (unpaired) electrons. The van der Waals surface area contributed by atoms with E-state index in [2.05, 4.69) is 10.6 Å². The summed E-state index contributed by atoms with van der Waals surface area (Å²) in [6.07, 6.45) is 3.54. The molecule has 0 bridgehead atoms. The molecule has 0 aromatic heterocycles. The molecule has 0 aromatic carbocycles. The van der Waals surface area contributed by atoms with Crippen LogP contribution >= 0.6 is 0 Å². The molecule has 2 heterocycles. The Hall–Kier alpha value is -1.10. The number of carbonyl (C=O) groups is 2. The minimum absolute atomic E-state index is 0.000664. The van der Waals surface area contributed by atoms with Crippen molar-refractivity contribution in [2.24, 2.45) is 5.92 Å². The second kappa shape index (κ2) is 5.49. The van der Waals surface area contributed by atoms with E-state index in [1.54, 1.807) is 0 Å². The van der Waals surface area contributed by atoms with Crippen LogP contribution in [0.25, 0.3) is 0 Å². The highest BCUT2D eigenvalue weighted by molar-refractivity contribution is 5.89. The minimum atomic E-state index is -0.149. The average molecular weight is 239 g/mol. The zero-order valence-electron chi connectivity index (χ0n) is 10.4. The van der Waals surface area contributed by atoms with Gasteiger partial charge in [-0.1, -0.05) is 0 Å². The smallest absolute Gasteiger partial charge is 0.227 e. The van der Waals surface area contributed by atoms with Gasteiger partial charge in [0.25, 0.3) is 0 Å². The van der Waals surface area contributed by atoms with E-state index < -0.39 is 0 Å². The van der Waals surface area contributed by atoms with Crippen molar-refractivity contribution in [2.45, 2.75) is 31.7 Å². The van der Waals surface area contributed by atoms with Crippen molar-refractivity contribution >= 4 is 11.8 Å². The van der Waals surface area contributed by atoms with Gasteiger partial charge in [-0.2, -0.15) is 0 Å². The molecule has 2 aliphatic rings. The first-order valence-corrected chi connectivity index (χ1v) is 6.42. The fourth-order valence-corrected chi connectivity index (χ4v) is 2.64. The summed E-state index contributed by atoms with van der Waals surface area (Å²) >= 11 is 0.